The van der Waals surface area contributed by atoms with Crippen molar-refractivity contribution in [2.45, 2.75) is 295 Å². The molecule has 41 heteroatoms. The second kappa shape index (κ2) is 33.4. The molecule has 11 heterocycles. The minimum Gasteiger partial charge on any atom is -0.762 e. The Kier molecular flexibility index (Phi) is 25.5. The van der Waals surface area contributed by atoms with Crippen LogP contribution in [0.25, 0.3) is 0 Å². The molecule has 11 fully saturated rings. The molecule has 11 saturated heterocycles. The summed E-state index contributed by atoms with van der Waals surface area (Å²) in [4.78, 5) is 27.6. The van der Waals surface area contributed by atoms with E-state index in [9.17, 15) is 60.9 Å². The number of methoxy groups -OCH3 is 5. The van der Waals surface area contributed by atoms with E-state index in [1.165, 1.54) is 69.3 Å². The molecule has 0 saturated carbocycles. The molecule has 9 N–H and O–H groups in total. The molecule has 35 atom stereocenters. The van der Waals surface area contributed by atoms with Gasteiger partial charge in [0.1, 0.15) is 138 Å². The zero-order valence-corrected chi connectivity index (χ0v) is 64.6. The third-order valence-electron chi connectivity index (χ3n) is 22.5. The number of phenolic OH excluding ortho intramolecular Hbond substituents is 3. The molecule has 0 aliphatic carbocycles. The minimum atomic E-state index is -2.06. The highest BCUT2D eigenvalue weighted by Gasteiger charge is 2.70. The second-order valence-electron chi connectivity index (χ2n) is 29.9. The third kappa shape index (κ3) is 15.7. The number of aliphatic hydroxyl groups is 5. The van der Waals surface area contributed by atoms with Crippen LogP contribution in [0.15, 0.2) is 12.1 Å². The zero-order chi connectivity index (χ0) is 80.2. The molecular formula is C70H98Cl2NO38-. The molecule has 0 amide bonds. The van der Waals surface area contributed by atoms with Gasteiger partial charge in [0.2, 0.25) is 0 Å². The minimum absolute atomic E-state index is 0.0770. The van der Waals surface area contributed by atoms with Gasteiger partial charge in [0.25, 0.3) is 5.97 Å². The van der Waals surface area contributed by atoms with Gasteiger partial charge in [-0.3, -0.25) is 5.23 Å². The Morgan fingerprint density at radius 2 is 1.31 bits per heavy atom. The number of hydrogen-bond acceptors (Lipinski definition) is 39. The number of halogens is 2. The highest BCUT2D eigenvalue weighted by atomic mass is 35.5. The fourth-order valence-corrected chi connectivity index (χ4v) is 17.5. The number of aryl methyl sites for hydroxylation is 1. The lowest BCUT2D eigenvalue weighted by Crippen LogP contribution is -2.68. The number of aromatic hydroxyl groups is 3. The molecule has 13 rings (SSSR count). The molecule has 0 unspecified atom stereocenters. The largest absolute Gasteiger partial charge is 0.762 e. The first-order valence-electron chi connectivity index (χ1n) is 36.4. The molecule has 111 heavy (non-hydrogen) atoms. The van der Waals surface area contributed by atoms with E-state index in [0.717, 1.165) is 6.07 Å². The summed E-state index contributed by atoms with van der Waals surface area (Å²) in [6, 6.07) is 2.28. The van der Waals surface area contributed by atoms with Crippen LogP contribution in [-0.4, -0.2) is 339 Å². The van der Waals surface area contributed by atoms with E-state index < -0.39 is 243 Å². The van der Waals surface area contributed by atoms with Crippen molar-refractivity contribution in [1.29, 1.82) is 0 Å². The van der Waals surface area contributed by atoms with E-state index in [0.29, 0.717) is 0 Å². The van der Waals surface area contributed by atoms with Gasteiger partial charge in [0.15, 0.2) is 67.6 Å². The van der Waals surface area contributed by atoms with Crippen LogP contribution in [-0.2, 0) is 118 Å². The Balaban J connectivity index is 0.644. The number of phenols is 3. The Bertz CT molecular complexity index is 3580. The van der Waals surface area contributed by atoms with E-state index >= 15 is 0 Å². The molecule has 2 aromatic rings. The maximum absolute atomic E-state index is 14.3. The van der Waals surface area contributed by atoms with Gasteiger partial charge in [-0.25, -0.2) is 9.59 Å². The first kappa shape index (κ1) is 84.8. The molecule has 2 spiro atoms. The Hall–Kier alpha value is -4.08. The number of rotatable bonds is 21. The van der Waals surface area contributed by atoms with Crippen LogP contribution in [0.4, 0.5) is 0 Å². The van der Waals surface area contributed by atoms with Crippen molar-refractivity contribution in [3.05, 3.63) is 49.6 Å². The molecule has 0 radical (unpaired) electrons. The highest BCUT2D eigenvalue weighted by Crippen LogP contribution is 2.53. The van der Waals surface area contributed by atoms with Gasteiger partial charge in [0, 0.05) is 47.3 Å². The topological polar surface area (TPSA) is 482 Å². The quantitative estimate of drug-likeness (QED) is 0.0626. The molecule has 626 valence electrons. The standard InChI is InChI=1S/C70H98Cl2NO38/c1-24-15-31(74)16-32(75)40(24)61(82)100-36-22-94-70(60-53(36)92-23-93-60)108-37-21-91-63(46(79)52(37)109-70)106-65-56(89-13)45(78)51(35(101-65)20-86-10)104-64-47(80)55(50(87-11)27(4)97-64)105-66-57(81)68(9)59(30(7)98-66)110-69(111-68)18-33(76)48(28(5)107-69)102-38-17-34(99-39-19-67(8,73(84)85)58(90-14)29(6)96-39)49(26(3)95-38)103-62(83)41-25(2)42(71)44(77)43(72)54(41)88-12/h15-16,26-30,33-39,45-53,55-60,63-66,74-81,84H,17-23H2,1-14H3/q-1/t26-,27-,28-,29+,30-,33-,34-,35-,36+,37-,38+,39+,45+,46-,47-,48-,49-,50+,51-,52-,53-,55-,56+,57-,58+,59-,60+,63+,64+,65+,66+,67+,68-,69-,70+/m1/s1. The van der Waals surface area contributed by atoms with Crippen LogP contribution in [0.5, 0.6) is 23.0 Å². The number of carbonyl (C=O) groups excluding carboxylic acids is 2. The average molecular weight is 1630 g/mol. The van der Waals surface area contributed by atoms with Gasteiger partial charge in [0.05, 0.1) is 80.5 Å². The number of ether oxygens (including phenoxy) is 26. The maximum atomic E-state index is 14.3. The SMILES string of the molecule is COC[C@H]1O[C@@H](O[C@@H]2OC[C@H]3O[C@]4(OC[C@H](OC(=O)c5c(C)cc(O)cc5O)[C@H]5OCO[C@@H]54)O[C@H]3[C@H]2O)[C@@H](OC)[C@@H](O)[C@@H]1O[C@@H]1O[C@H](C)[C@H](OC)[C@H](O[C@@H]2O[C@H](C)[C@H]3O[C@]4(C[C@@H](O)[C@H](O[C@H]5C[C@@H](O[C@H]6C[C@](C)(N([O-])O)[C@@H](OC)[C@H](C)O6)[C@H](OC(=O)c6c(C)c(Cl)c(O)c(Cl)c6OC)[C@@H](C)O5)[C@@H](C)O4)O[C@]3(C)[C@@H]2O)[C@H]1O. The van der Waals surface area contributed by atoms with Gasteiger partial charge in [-0.15, -0.1) is 0 Å². The monoisotopic (exact) mass is 1630 g/mol. The number of fused-ring (bicyclic) bond motifs is 4. The van der Waals surface area contributed by atoms with E-state index in [2.05, 4.69) is 0 Å². The summed E-state index contributed by atoms with van der Waals surface area (Å²) in [6.45, 7) is 12.8. The number of hydrogen-bond donors (Lipinski definition) is 9. The van der Waals surface area contributed by atoms with Crippen molar-refractivity contribution >= 4 is 35.1 Å². The number of nitrogens with zero attached hydrogens (tertiary/aromatic N) is 1. The van der Waals surface area contributed by atoms with Crippen molar-refractivity contribution < 1.29 is 179 Å². The fraction of sp³-hybridized carbons (Fsp3) is 0.800. The predicted octanol–water partition coefficient (Wildman–Crippen LogP) is 1.17. The molecule has 0 bridgehead atoms. The Labute approximate surface area is 646 Å². The van der Waals surface area contributed by atoms with Crippen LogP contribution < -0.4 is 4.74 Å². The zero-order valence-electron chi connectivity index (χ0n) is 63.1. The average Bonchev–Trinajstić information content (AvgIpc) is 1.58. The van der Waals surface area contributed by atoms with E-state index in [4.69, 9.17) is 146 Å². The lowest BCUT2D eigenvalue weighted by molar-refractivity contribution is -0.415. The van der Waals surface area contributed by atoms with Crippen molar-refractivity contribution in [3.8, 4) is 23.0 Å². The normalized spacial score (nSPS) is 45.7. The fourth-order valence-electron chi connectivity index (χ4n) is 17.0. The molecule has 11 aliphatic rings. The summed E-state index contributed by atoms with van der Waals surface area (Å²) in [5, 5.41) is 114. The van der Waals surface area contributed by atoms with Crippen molar-refractivity contribution in [2.75, 3.05) is 62.2 Å². The summed E-state index contributed by atoms with van der Waals surface area (Å²) < 4.78 is 160. The first-order chi connectivity index (χ1) is 52.6. The lowest BCUT2D eigenvalue weighted by Gasteiger charge is -2.53. The Morgan fingerprint density at radius 1 is 0.613 bits per heavy atom. The first-order valence-corrected chi connectivity index (χ1v) is 37.1. The maximum Gasteiger partial charge on any atom is 0.342 e. The van der Waals surface area contributed by atoms with Crippen LogP contribution >= 0.6 is 23.2 Å². The number of aliphatic hydroxyl groups excluding tert-OH is 5. The summed E-state index contributed by atoms with van der Waals surface area (Å²) >= 11 is 12.8. The number of esters is 2. The van der Waals surface area contributed by atoms with Gasteiger partial charge < -0.3 is 174 Å². The second-order valence-corrected chi connectivity index (χ2v) is 30.6. The lowest BCUT2D eigenvalue weighted by atomic mass is 9.85. The molecule has 11 aliphatic heterocycles. The summed E-state index contributed by atoms with van der Waals surface area (Å²) in [5.41, 5.74) is -3.41. The Morgan fingerprint density at radius 3 is 1.98 bits per heavy atom. The number of carbonyl (C=O) groups is 2. The van der Waals surface area contributed by atoms with Gasteiger partial charge >= 0.3 is 17.9 Å². The molecular weight excluding hydrogens is 1530 g/mol. The number of hydroxylamine groups is 2. The molecule has 39 nitrogen and oxygen atoms in total. The van der Waals surface area contributed by atoms with Crippen molar-refractivity contribution in [3.63, 3.8) is 0 Å². The molecule has 0 aromatic heterocycles. The van der Waals surface area contributed by atoms with Crippen LogP contribution in [0.1, 0.15) is 99.6 Å². The van der Waals surface area contributed by atoms with E-state index in [1.54, 1.807) is 34.6 Å². The highest BCUT2D eigenvalue weighted by molar-refractivity contribution is 6.39. The summed E-state index contributed by atoms with van der Waals surface area (Å²) in [7, 11) is 6.56. The third-order valence-corrected chi connectivity index (χ3v) is 23.3. The van der Waals surface area contributed by atoms with Crippen LogP contribution in [0, 0.1) is 19.1 Å². The summed E-state index contributed by atoms with van der Waals surface area (Å²) in [5.74, 6) is -7.51. The number of benzene rings is 2. The van der Waals surface area contributed by atoms with Gasteiger partial charge in [-0.1, -0.05) is 23.2 Å². The van der Waals surface area contributed by atoms with Gasteiger partial charge in [-0.05, 0) is 79.5 Å². The van der Waals surface area contributed by atoms with Crippen LogP contribution in [0.2, 0.25) is 10.0 Å². The van der Waals surface area contributed by atoms with Gasteiger partial charge in [-0.2, -0.15) is 0 Å². The smallest absolute Gasteiger partial charge is 0.342 e. The van der Waals surface area contributed by atoms with E-state index in [-0.39, 0.29) is 88.5 Å². The van der Waals surface area contributed by atoms with Crippen LogP contribution in [0.3, 0.4) is 0 Å². The van der Waals surface area contributed by atoms with E-state index in [1.807, 2.05) is 0 Å². The van der Waals surface area contributed by atoms with Crippen molar-refractivity contribution in [2.24, 2.45) is 0 Å². The summed E-state index contributed by atoms with van der Waals surface area (Å²) in [6.07, 6.45) is -40.5. The predicted molar refractivity (Wildman–Crippen MR) is 363 cm³/mol. The molecule has 2 aromatic carbocycles. The van der Waals surface area contributed by atoms with Crippen molar-refractivity contribution in [1.82, 2.24) is 5.23 Å².